The highest BCUT2D eigenvalue weighted by atomic mass is 19.1. The van der Waals surface area contributed by atoms with Crippen molar-refractivity contribution in [2.24, 2.45) is 0 Å². The molecule has 1 aromatic carbocycles. The van der Waals surface area contributed by atoms with Gasteiger partial charge in [-0.2, -0.15) is 0 Å². The lowest BCUT2D eigenvalue weighted by atomic mass is 10.3. The molecule has 0 amide bonds. The van der Waals surface area contributed by atoms with Crippen LogP contribution in [-0.4, -0.2) is 33.2 Å². The van der Waals surface area contributed by atoms with E-state index in [0.717, 1.165) is 0 Å². The van der Waals surface area contributed by atoms with Crippen LogP contribution in [0.1, 0.15) is 5.69 Å². The van der Waals surface area contributed by atoms with Gasteiger partial charge in [0, 0.05) is 6.07 Å². The third-order valence-corrected chi connectivity index (χ3v) is 2.27. The summed E-state index contributed by atoms with van der Waals surface area (Å²) >= 11 is 0. The molecule has 0 bridgehead atoms. The van der Waals surface area contributed by atoms with Crippen LogP contribution in [0.2, 0.25) is 0 Å². The topological polar surface area (TPSA) is 77.2 Å². The van der Waals surface area contributed by atoms with E-state index in [-0.39, 0.29) is 17.8 Å². The van der Waals surface area contributed by atoms with Crippen LogP contribution in [0.3, 0.4) is 0 Å². The third kappa shape index (κ3) is 2.45. The van der Waals surface area contributed by atoms with Crippen molar-refractivity contribution in [3.63, 3.8) is 0 Å². The Balaban J connectivity index is 2.36. The van der Waals surface area contributed by atoms with Gasteiger partial charge in [0.15, 0.2) is 0 Å². The summed E-state index contributed by atoms with van der Waals surface area (Å²) in [6, 6.07) is 4.18. The van der Waals surface area contributed by atoms with Crippen LogP contribution in [0.4, 0.5) is 4.39 Å². The monoisotopic (exact) mass is 251 g/mol. The summed E-state index contributed by atoms with van der Waals surface area (Å²) in [5.41, 5.74) is 0.406. The highest BCUT2D eigenvalue weighted by Crippen LogP contribution is 2.19. The zero-order valence-electron chi connectivity index (χ0n) is 9.50. The van der Waals surface area contributed by atoms with Gasteiger partial charge >= 0.3 is 5.97 Å². The van der Waals surface area contributed by atoms with E-state index in [2.05, 4.69) is 10.3 Å². The second-order valence-electron chi connectivity index (χ2n) is 3.54. The number of benzene rings is 1. The minimum atomic E-state index is -1.02. The largest absolute Gasteiger partial charge is 0.497 e. The first-order valence-corrected chi connectivity index (χ1v) is 5.07. The normalized spacial score (nSPS) is 10.3. The number of aromatic nitrogens is 3. The van der Waals surface area contributed by atoms with Crippen molar-refractivity contribution in [3.8, 4) is 11.4 Å². The molecule has 0 fully saturated rings. The summed E-state index contributed by atoms with van der Waals surface area (Å²) in [6.45, 7) is 0. The first-order valence-electron chi connectivity index (χ1n) is 5.07. The van der Waals surface area contributed by atoms with Crippen LogP contribution in [-0.2, 0) is 11.2 Å². The SMILES string of the molecule is COc1ccc(F)c(-n2cc(CC(=O)O)nn2)c1. The van der Waals surface area contributed by atoms with Crippen molar-refractivity contribution < 1.29 is 19.0 Å². The van der Waals surface area contributed by atoms with Gasteiger partial charge in [0.05, 0.1) is 25.4 Å². The first-order chi connectivity index (χ1) is 8.60. The van der Waals surface area contributed by atoms with Crippen molar-refractivity contribution in [1.82, 2.24) is 15.0 Å². The van der Waals surface area contributed by atoms with Gasteiger partial charge in [0.1, 0.15) is 17.3 Å². The van der Waals surface area contributed by atoms with Crippen LogP contribution >= 0.6 is 0 Å². The zero-order chi connectivity index (χ0) is 13.1. The van der Waals surface area contributed by atoms with Crippen molar-refractivity contribution in [2.45, 2.75) is 6.42 Å². The fourth-order valence-corrected chi connectivity index (χ4v) is 1.45. The average Bonchev–Trinajstić information content (AvgIpc) is 2.77. The molecule has 0 radical (unpaired) electrons. The summed E-state index contributed by atoms with van der Waals surface area (Å²) in [5.74, 6) is -1.04. The third-order valence-electron chi connectivity index (χ3n) is 2.27. The number of nitrogens with zero attached hydrogens (tertiary/aromatic N) is 3. The fraction of sp³-hybridized carbons (Fsp3) is 0.182. The van der Waals surface area contributed by atoms with Gasteiger partial charge in [0.2, 0.25) is 0 Å². The minimum absolute atomic E-state index is 0.151. The lowest BCUT2D eigenvalue weighted by Gasteiger charge is -2.04. The highest BCUT2D eigenvalue weighted by Gasteiger charge is 2.11. The molecule has 1 heterocycles. The van der Waals surface area contributed by atoms with E-state index >= 15 is 0 Å². The van der Waals surface area contributed by atoms with Gasteiger partial charge in [0.25, 0.3) is 0 Å². The molecule has 18 heavy (non-hydrogen) atoms. The Morgan fingerprint density at radius 3 is 3.00 bits per heavy atom. The Kier molecular flexibility index (Phi) is 3.22. The second-order valence-corrected chi connectivity index (χ2v) is 3.54. The van der Waals surface area contributed by atoms with Gasteiger partial charge in [-0.25, -0.2) is 9.07 Å². The number of carboxylic acid groups (broad SMARTS) is 1. The average molecular weight is 251 g/mol. The number of carboxylic acids is 1. The van der Waals surface area contributed by atoms with E-state index in [4.69, 9.17) is 9.84 Å². The molecule has 0 aliphatic carbocycles. The molecule has 1 aromatic heterocycles. The predicted octanol–water partition coefficient (Wildman–Crippen LogP) is 1.04. The van der Waals surface area contributed by atoms with Crippen LogP contribution in [0.15, 0.2) is 24.4 Å². The number of carbonyl (C=O) groups is 1. The number of hydrogen-bond acceptors (Lipinski definition) is 4. The van der Waals surface area contributed by atoms with E-state index in [1.807, 2.05) is 0 Å². The smallest absolute Gasteiger partial charge is 0.309 e. The lowest BCUT2D eigenvalue weighted by molar-refractivity contribution is -0.136. The van der Waals surface area contributed by atoms with Crippen LogP contribution in [0.5, 0.6) is 5.75 Å². The van der Waals surface area contributed by atoms with E-state index in [9.17, 15) is 9.18 Å². The fourth-order valence-electron chi connectivity index (χ4n) is 1.45. The molecule has 94 valence electrons. The highest BCUT2D eigenvalue weighted by molar-refractivity contribution is 5.69. The van der Waals surface area contributed by atoms with Gasteiger partial charge < -0.3 is 9.84 Å². The van der Waals surface area contributed by atoms with Crippen molar-refractivity contribution in [1.29, 1.82) is 0 Å². The van der Waals surface area contributed by atoms with Crippen molar-refractivity contribution in [3.05, 3.63) is 35.9 Å². The predicted molar refractivity (Wildman–Crippen MR) is 59.2 cm³/mol. The number of ether oxygens (including phenoxy) is 1. The Bertz CT molecular complexity index is 583. The standard InChI is InChI=1S/C11H10FN3O3/c1-18-8-2-3-9(12)10(5-8)15-6-7(13-14-15)4-11(16)17/h2-3,5-6H,4H2,1H3,(H,16,17). The maximum Gasteiger partial charge on any atom is 0.309 e. The Labute approximate surface area is 102 Å². The Morgan fingerprint density at radius 2 is 2.33 bits per heavy atom. The van der Waals surface area contributed by atoms with E-state index < -0.39 is 11.8 Å². The summed E-state index contributed by atoms with van der Waals surface area (Å²) in [4.78, 5) is 10.5. The summed E-state index contributed by atoms with van der Waals surface area (Å²) < 4.78 is 19.8. The molecule has 0 saturated heterocycles. The number of halogens is 1. The van der Waals surface area contributed by atoms with Gasteiger partial charge in [-0.15, -0.1) is 5.10 Å². The van der Waals surface area contributed by atoms with Crippen LogP contribution in [0, 0.1) is 5.82 Å². The van der Waals surface area contributed by atoms with E-state index in [0.29, 0.717) is 5.75 Å². The lowest BCUT2D eigenvalue weighted by Crippen LogP contribution is -2.00. The van der Waals surface area contributed by atoms with Crippen LogP contribution in [0.25, 0.3) is 5.69 Å². The van der Waals surface area contributed by atoms with Gasteiger partial charge in [-0.05, 0) is 12.1 Å². The maximum absolute atomic E-state index is 13.6. The number of methoxy groups -OCH3 is 1. The molecule has 0 saturated carbocycles. The molecular formula is C11H10FN3O3. The van der Waals surface area contributed by atoms with Crippen molar-refractivity contribution in [2.75, 3.05) is 7.11 Å². The molecule has 2 aromatic rings. The molecule has 0 unspecified atom stereocenters. The zero-order valence-corrected chi connectivity index (χ0v) is 9.50. The maximum atomic E-state index is 13.6. The quantitative estimate of drug-likeness (QED) is 0.878. The Hall–Kier alpha value is -2.44. The molecule has 7 heteroatoms. The molecule has 6 nitrogen and oxygen atoms in total. The Morgan fingerprint density at radius 1 is 1.56 bits per heavy atom. The van der Waals surface area contributed by atoms with E-state index in [1.54, 1.807) is 0 Å². The summed E-state index contributed by atoms with van der Waals surface area (Å²) in [7, 11) is 1.47. The van der Waals surface area contributed by atoms with Crippen molar-refractivity contribution >= 4 is 5.97 Å². The molecule has 1 N–H and O–H groups in total. The number of rotatable bonds is 4. The molecule has 0 aliphatic rings. The number of hydrogen-bond donors (Lipinski definition) is 1. The van der Waals surface area contributed by atoms with E-state index in [1.165, 1.54) is 36.2 Å². The molecule has 0 aliphatic heterocycles. The molecular weight excluding hydrogens is 241 g/mol. The first kappa shape index (κ1) is 12.0. The van der Waals surface area contributed by atoms with Crippen LogP contribution < -0.4 is 4.74 Å². The summed E-state index contributed by atoms with van der Waals surface area (Å²) in [5, 5.41) is 15.9. The molecule has 2 rings (SSSR count). The second kappa shape index (κ2) is 4.82. The minimum Gasteiger partial charge on any atom is -0.497 e. The molecule has 0 spiro atoms. The van der Waals surface area contributed by atoms with Gasteiger partial charge in [-0.1, -0.05) is 5.21 Å². The van der Waals surface area contributed by atoms with Gasteiger partial charge in [-0.3, -0.25) is 4.79 Å². The molecule has 0 atom stereocenters. The number of aliphatic carboxylic acids is 1. The summed E-state index contributed by atoms with van der Waals surface area (Å²) in [6.07, 6.45) is 1.11.